The molecule has 2 aliphatic rings. The van der Waals surface area contributed by atoms with Crippen molar-refractivity contribution in [3.63, 3.8) is 0 Å². The van der Waals surface area contributed by atoms with E-state index in [4.69, 9.17) is 4.74 Å². The Balaban J connectivity index is 1.45. The van der Waals surface area contributed by atoms with Crippen molar-refractivity contribution in [2.45, 2.75) is 24.0 Å². The van der Waals surface area contributed by atoms with Gasteiger partial charge in [-0.1, -0.05) is 103 Å². The maximum absolute atomic E-state index is 14.7. The molecule has 0 N–H and O–H groups in total. The highest BCUT2D eigenvalue weighted by molar-refractivity contribution is 7.91. The number of amides is 1. The number of rotatable bonds is 7. The smallest absolute Gasteiger partial charge is 0.237 e. The number of sulfone groups is 1. The van der Waals surface area contributed by atoms with E-state index in [1.165, 1.54) is 0 Å². The molecule has 2 aliphatic heterocycles. The highest BCUT2D eigenvalue weighted by Gasteiger charge is 2.55. The molecule has 0 aromatic heterocycles. The lowest BCUT2D eigenvalue weighted by molar-refractivity contribution is -0.143. The average Bonchev–Trinajstić information content (AvgIpc) is 3.33. The molecule has 0 aliphatic carbocycles. The van der Waals surface area contributed by atoms with Gasteiger partial charge in [0.25, 0.3) is 0 Å². The van der Waals surface area contributed by atoms with Crippen LogP contribution in [0.5, 0.6) is 0 Å². The van der Waals surface area contributed by atoms with Gasteiger partial charge in [-0.05, 0) is 41.3 Å². The van der Waals surface area contributed by atoms with E-state index in [1.54, 1.807) is 35.2 Å². The normalized spacial score (nSPS) is 20.4. The van der Waals surface area contributed by atoms with Gasteiger partial charge in [0.05, 0.1) is 10.6 Å². The molecule has 0 fully saturated rings. The molecule has 0 saturated heterocycles. The SMILES string of the molecule is O=C1N(CCS(=O)(=O)c2ccccc2)Cc2ccccc2[C@@H]2OC(c3ccccc3)=C[C@]12Cc1ccccc1. The monoisotopic (exact) mass is 535 g/mol. The Morgan fingerprint density at radius 2 is 1.41 bits per heavy atom. The van der Waals surface area contributed by atoms with E-state index in [2.05, 4.69) is 0 Å². The standard InChI is InChI=1S/C33H29NO4S/c35-32-33(22-25-12-4-1-5-13-25)23-30(26-14-6-2-7-15-26)38-31(33)29-19-11-10-16-27(29)24-34(32)20-21-39(36,37)28-17-8-3-9-18-28/h1-19,23,31H,20-22,24H2/t31-,33-/m0/s1. The van der Waals surface area contributed by atoms with Crippen LogP contribution in [0.3, 0.4) is 0 Å². The van der Waals surface area contributed by atoms with Crippen LogP contribution in [0.2, 0.25) is 0 Å². The van der Waals surface area contributed by atoms with Crippen molar-refractivity contribution >= 4 is 21.5 Å². The van der Waals surface area contributed by atoms with Crippen LogP contribution in [-0.4, -0.2) is 31.5 Å². The van der Waals surface area contributed by atoms with E-state index < -0.39 is 21.4 Å². The zero-order chi connectivity index (χ0) is 26.9. The topological polar surface area (TPSA) is 63.7 Å². The summed E-state index contributed by atoms with van der Waals surface area (Å²) in [6.07, 6.45) is 1.87. The van der Waals surface area contributed by atoms with E-state index in [1.807, 2.05) is 91.0 Å². The molecular formula is C33H29NO4S. The fourth-order valence-corrected chi connectivity index (χ4v) is 6.93. The van der Waals surface area contributed by atoms with Crippen LogP contribution in [0.15, 0.2) is 126 Å². The first-order valence-corrected chi connectivity index (χ1v) is 14.8. The lowest BCUT2D eigenvalue weighted by Crippen LogP contribution is -2.45. The van der Waals surface area contributed by atoms with Gasteiger partial charge >= 0.3 is 0 Å². The predicted octanol–water partition coefficient (Wildman–Crippen LogP) is 5.84. The van der Waals surface area contributed by atoms with Crippen molar-refractivity contribution in [3.8, 4) is 0 Å². The van der Waals surface area contributed by atoms with Gasteiger partial charge in [0, 0.05) is 18.7 Å². The quantitative estimate of drug-likeness (QED) is 0.298. The van der Waals surface area contributed by atoms with Crippen molar-refractivity contribution in [2.24, 2.45) is 5.41 Å². The largest absolute Gasteiger partial charge is 0.484 e. The molecule has 0 saturated carbocycles. The number of benzene rings is 4. The number of hydrogen-bond donors (Lipinski definition) is 0. The van der Waals surface area contributed by atoms with Crippen LogP contribution < -0.4 is 0 Å². The molecular weight excluding hydrogens is 506 g/mol. The minimum absolute atomic E-state index is 0.0855. The highest BCUT2D eigenvalue weighted by atomic mass is 32.2. The molecule has 0 unspecified atom stereocenters. The molecule has 6 heteroatoms. The van der Waals surface area contributed by atoms with Gasteiger partial charge in [-0.15, -0.1) is 0 Å². The maximum atomic E-state index is 14.7. The summed E-state index contributed by atoms with van der Waals surface area (Å²) in [5, 5.41) is 0. The molecule has 5 nitrogen and oxygen atoms in total. The summed E-state index contributed by atoms with van der Waals surface area (Å²) in [5.41, 5.74) is 2.81. The second-order valence-corrected chi connectivity index (χ2v) is 12.2. The minimum atomic E-state index is -3.57. The first-order valence-electron chi connectivity index (χ1n) is 13.1. The third-order valence-electron chi connectivity index (χ3n) is 7.62. The fourth-order valence-electron chi connectivity index (χ4n) is 5.66. The van der Waals surface area contributed by atoms with Gasteiger partial charge in [0.1, 0.15) is 17.3 Å². The van der Waals surface area contributed by atoms with Gasteiger partial charge in [-0.25, -0.2) is 8.42 Å². The second kappa shape index (κ2) is 10.2. The van der Waals surface area contributed by atoms with E-state index in [0.29, 0.717) is 18.7 Å². The zero-order valence-corrected chi connectivity index (χ0v) is 22.3. The Morgan fingerprint density at radius 1 is 0.795 bits per heavy atom. The number of hydrogen-bond acceptors (Lipinski definition) is 4. The van der Waals surface area contributed by atoms with Crippen LogP contribution >= 0.6 is 0 Å². The molecule has 39 heavy (non-hydrogen) atoms. The minimum Gasteiger partial charge on any atom is -0.484 e. The summed E-state index contributed by atoms with van der Waals surface area (Å²) < 4.78 is 33.0. The Bertz CT molecular complexity index is 1620. The Morgan fingerprint density at radius 3 is 2.13 bits per heavy atom. The molecule has 1 amide bonds. The van der Waals surface area contributed by atoms with Crippen molar-refractivity contribution < 1.29 is 17.9 Å². The number of carbonyl (C=O) groups is 1. The number of carbonyl (C=O) groups excluding carboxylic acids is 1. The van der Waals surface area contributed by atoms with Crippen molar-refractivity contribution in [1.29, 1.82) is 0 Å². The van der Waals surface area contributed by atoms with Gasteiger partial charge < -0.3 is 9.64 Å². The summed E-state index contributed by atoms with van der Waals surface area (Å²) in [6.45, 7) is 0.409. The Hall–Kier alpha value is -4.16. The maximum Gasteiger partial charge on any atom is 0.237 e. The Labute approximate surface area is 229 Å². The summed E-state index contributed by atoms with van der Waals surface area (Å²) in [4.78, 5) is 16.6. The molecule has 0 radical (unpaired) electrons. The van der Waals surface area contributed by atoms with Crippen molar-refractivity contribution in [2.75, 3.05) is 12.3 Å². The molecule has 196 valence electrons. The molecule has 4 aromatic carbocycles. The molecule has 4 aromatic rings. The number of ether oxygens (including phenoxy) is 1. The number of fused-ring (bicyclic) bond motifs is 3. The van der Waals surface area contributed by atoms with Gasteiger partial charge in [0.2, 0.25) is 5.91 Å². The van der Waals surface area contributed by atoms with E-state index >= 15 is 0 Å². The summed E-state index contributed by atoms with van der Waals surface area (Å²) in [5.74, 6) is 0.382. The zero-order valence-electron chi connectivity index (χ0n) is 21.4. The first kappa shape index (κ1) is 25.1. The molecule has 6 rings (SSSR count). The average molecular weight is 536 g/mol. The number of nitrogens with zero attached hydrogens (tertiary/aromatic N) is 1. The third kappa shape index (κ3) is 4.77. The summed E-state index contributed by atoms with van der Waals surface area (Å²) in [7, 11) is -3.57. The second-order valence-electron chi connectivity index (χ2n) is 10.1. The first-order chi connectivity index (χ1) is 19.0. The molecule has 0 bridgehead atoms. The highest BCUT2D eigenvalue weighted by Crippen LogP contribution is 2.53. The van der Waals surface area contributed by atoms with Crippen LogP contribution in [0.1, 0.15) is 28.4 Å². The molecule has 2 heterocycles. The van der Waals surface area contributed by atoms with Crippen molar-refractivity contribution in [3.05, 3.63) is 144 Å². The van der Waals surface area contributed by atoms with E-state index in [-0.39, 0.29) is 23.1 Å². The lowest BCUT2D eigenvalue weighted by atomic mass is 9.74. The van der Waals surface area contributed by atoms with Crippen LogP contribution in [0.25, 0.3) is 5.76 Å². The van der Waals surface area contributed by atoms with Gasteiger partial charge in [-0.3, -0.25) is 4.79 Å². The van der Waals surface area contributed by atoms with E-state index in [0.717, 1.165) is 22.3 Å². The molecule has 0 spiro atoms. The van der Waals surface area contributed by atoms with E-state index in [9.17, 15) is 13.2 Å². The summed E-state index contributed by atoms with van der Waals surface area (Å²) >= 11 is 0. The summed E-state index contributed by atoms with van der Waals surface area (Å²) in [6, 6.07) is 36.1. The van der Waals surface area contributed by atoms with Gasteiger partial charge in [-0.2, -0.15) is 0 Å². The fraction of sp³-hybridized carbons (Fsp3) is 0.182. The van der Waals surface area contributed by atoms with Crippen LogP contribution in [0, 0.1) is 5.41 Å². The van der Waals surface area contributed by atoms with Gasteiger partial charge in [0.15, 0.2) is 9.84 Å². The van der Waals surface area contributed by atoms with Crippen LogP contribution in [-0.2, 0) is 32.3 Å². The Kier molecular flexibility index (Phi) is 6.57. The third-order valence-corrected chi connectivity index (χ3v) is 9.33. The van der Waals surface area contributed by atoms with Crippen LogP contribution in [0.4, 0.5) is 0 Å². The lowest BCUT2D eigenvalue weighted by Gasteiger charge is -2.34. The predicted molar refractivity (Wildman–Crippen MR) is 151 cm³/mol. The molecule has 2 atom stereocenters. The van der Waals surface area contributed by atoms with Crippen molar-refractivity contribution in [1.82, 2.24) is 4.90 Å².